The first kappa shape index (κ1) is 14.4. The Kier molecular flexibility index (Phi) is 4.83. The minimum atomic E-state index is -0.268. The number of halogens is 3. The van der Waals surface area contributed by atoms with Crippen LogP contribution in [0.4, 0.5) is 10.1 Å². The molecule has 19 heavy (non-hydrogen) atoms. The predicted molar refractivity (Wildman–Crippen MR) is 82.2 cm³/mol. The normalized spacial score (nSPS) is 12.2. The van der Waals surface area contributed by atoms with Crippen molar-refractivity contribution in [1.29, 1.82) is 0 Å². The van der Waals surface area contributed by atoms with Gasteiger partial charge in [-0.15, -0.1) is 0 Å². The average molecular weight is 343 g/mol. The summed E-state index contributed by atoms with van der Waals surface area (Å²) in [5.74, 6) is -0.268. The first-order valence-corrected chi connectivity index (χ1v) is 7.24. The van der Waals surface area contributed by atoms with Crippen molar-refractivity contribution in [1.82, 2.24) is 0 Å². The molecule has 0 bridgehead atoms. The predicted octanol–water partition coefficient (Wildman–Crippen LogP) is 5.80. The zero-order valence-electron chi connectivity index (χ0n) is 10.5. The lowest BCUT2D eigenvalue weighted by Gasteiger charge is -2.19. The van der Waals surface area contributed by atoms with E-state index in [0.717, 1.165) is 17.7 Å². The second-order valence-electron chi connectivity index (χ2n) is 4.29. The summed E-state index contributed by atoms with van der Waals surface area (Å²) in [5.41, 5.74) is 1.90. The monoisotopic (exact) mass is 341 g/mol. The summed E-state index contributed by atoms with van der Waals surface area (Å²) >= 11 is 9.03. The van der Waals surface area contributed by atoms with Crippen LogP contribution in [-0.2, 0) is 0 Å². The van der Waals surface area contributed by atoms with Crippen molar-refractivity contribution < 1.29 is 4.39 Å². The van der Waals surface area contributed by atoms with Crippen molar-refractivity contribution in [2.24, 2.45) is 0 Å². The van der Waals surface area contributed by atoms with Gasteiger partial charge in [-0.3, -0.25) is 0 Å². The van der Waals surface area contributed by atoms with Gasteiger partial charge in [0.1, 0.15) is 5.82 Å². The van der Waals surface area contributed by atoms with Gasteiger partial charge in [-0.1, -0.05) is 30.7 Å². The highest BCUT2D eigenvalue weighted by molar-refractivity contribution is 9.10. The molecule has 2 aromatic rings. The highest BCUT2D eigenvalue weighted by Crippen LogP contribution is 2.26. The lowest BCUT2D eigenvalue weighted by molar-refractivity contribution is 0.620. The van der Waals surface area contributed by atoms with Gasteiger partial charge in [-0.25, -0.2) is 4.39 Å². The number of benzene rings is 2. The number of hydrogen-bond donors (Lipinski definition) is 1. The first-order valence-electron chi connectivity index (χ1n) is 6.07. The Balaban J connectivity index is 2.18. The van der Waals surface area contributed by atoms with E-state index in [1.165, 1.54) is 6.07 Å². The molecule has 100 valence electrons. The molecule has 1 N–H and O–H groups in total. The average Bonchev–Trinajstić information content (AvgIpc) is 2.41. The molecule has 0 radical (unpaired) electrons. The van der Waals surface area contributed by atoms with Gasteiger partial charge < -0.3 is 5.32 Å². The molecule has 2 aromatic carbocycles. The van der Waals surface area contributed by atoms with Crippen LogP contribution in [0.25, 0.3) is 0 Å². The van der Waals surface area contributed by atoms with E-state index in [-0.39, 0.29) is 11.9 Å². The molecule has 0 fully saturated rings. The lowest BCUT2D eigenvalue weighted by atomic mass is 10.0. The van der Waals surface area contributed by atoms with E-state index in [0.29, 0.717) is 9.50 Å². The van der Waals surface area contributed by atoms with Crippen molar-refractivity contribution >= 4 is 33.2 Å². The molecule has 0 aliphatic carbocycles. The van der Waals surface area contributed by atoms with Gasteiger partial charge in [-0.05, 0) is 58.2 Å². The number of rotatable bonds is 4. The highest BCUT2D eigenvalue weighted by atomic mass is 79.9. The van der Waals surface area contributed by atoms with Crippen LogP contribution < -0.4 is 5.32 Å². The van der Waals surface area contributed by atoms with Crippen molar-refractivity contribution in [3.05, 3.63) is 63.3 Å². The maximum absolute atomic E-state index is 13.5. The van der Waals surface area contributed by atoms with Crippen molar-refractivity contribution in [3.63, 3.8) is 0 Å². The molecule has 0 saturated heterocycles. The maximum Gasteiger partial charge on any atom is 0.139 e. The van der Waals surface area contributed by atoms with Crippen LogP contribution in [0.3, 0.4) is 0 Å². The summed E-state index contributed by atoms with van der Waals surface area (Å²) < 4.78 is 14.0. The van der Waals surface area contributed by atoms with E-state index in [1.807, 2.05) is 30.3 Å². The van der Waals surface area contributed by atoms with Crippen LogP contribution in [0.15, 0.2) is 46.9 Å². The molecule has 0 aliphatic rings. The number of nitrogens with one attached hydrogen (secondary N) is 1. The molecule has 2 rings (SSSR count). The van der Waals surface area contributed by atoms with E-state index in [2.05, 4.69) is 28.2 Å². The minimum absolute atomic E-state index is 0.137. The Morgan fingerprint density at radius 3 is 2.47 bits per heavy atom. The van der Waals surface area contributed by atoms with Crippen molar-refractivity contribution in [2.45, 2.75) is 19.4 Å². The highest BCUT2D eigenvalue weighted by Gasteiger charge is 2.10. The summed E-state index contributed by atoms with van der Waals surface area (Å²) in [7, 11) is 0. The molecular weight excluding hydrogens is 329 g/mol. The molecule has 0 aromatic heterocycles. The van der Waals surface area contributed by atoms with Crippen molar-refractivity contribution in [2.75, 3.05) is 5.32 Å². The zero-order chi connectivity index (χ0) is 13.8. The van der Waals surface area contributed by atoms with Gasteiger partial charge in [0.2, 0.25) is 0 Å². The second-order valence-corrected chi connectivity index (χ2v) is 5.58. The number of hydrogen-bond acceptors (Lipinski definition) is 1. The molecule has 0 spiro atoms. The third-order valence-corrected chi connectivity index (χ3v) is 3.84. The Morgan fingerprint density at radius 1 is 1.21 bits per heavy atom. The topological polar surface area (TPSA) is 12.0 Å². The fourth-order valence-electron chi connectivity index (χ4n) is 1.90. The van der Waals surface area contributed by atoms with E-state index < -0.39 is 0 Å². The smallest absolute Gasteiger partial charge is 0.139 e. The quantitative estimate of drug-likeness (QED) is 0.740. The first-order chi connectivity index (χ1) is 9.10. The second kappa shape index (κ2) is 6.40. The van der Waals surface area contributed by atoms with Crippen LogP contribution in [-0.4, -0.2) is 0 Å². The van der Waals surface area contributed by atoms with Crippen LogP contribution in [0, 0.1) is 5.82 Å². The van der Waals surface area contributed by atoms with E-state index in [1.54, 1.807) is 6.07 Å². The summed E-state index contributed by atoms with van der Waals surface area (Å²) in [4.78, 5) is 0. The molecule has 1 atom stereocenters. The number of anilines is 1. The zero-order valence-corrected chi connectivity index (χ0v) is 12.8. The van der Waals surface area contributed by atoms with Gasteiger partial charge in [0.25, 0.3) is 0 Å². The largest absolute Gasteiger partial charge is 0.378 e. The van der Waals surface area contributed by atoms with Crippen LogP contribution in [0.1, 0.15) is 24.9 Å². The standard InChI is InChI=1S/C15H14BrClFN/c1-2-15(10-3-5-11(17)6-4-10)19-12-7-8-13(16)14(18)9-12/h3-9,15,19H,2H2,1H3. The van der Waals surface area contributed by atoms with E-state index in [4.69, 9.17) is 11.6 Å². The molecule has 0 saturated carbocycles. The van der Waals surface area contributed by atoms with Gasteiger partial charge in [0.15, 0.2) is 0 Å². The minimum Gasteiger partial charge on any atom is -0.378 e. The summed E-state index contributed by atoms with van der Waals surface area (Å²) in [6.45, 7) is 2.08. The lowest BCUT2D eigenvalue weighted by Crippen LogP contribution is -2.09. The molecule has 1 unspecified atom stereocenters. The van der Waals surface area contributed by atoms with Gasteiger partial charge >= 0.3 is 0 Å². The van der Waals surface area contributed by atoms with Gasteiger partial charge in [0, 0.05) is 10.7 Å². The fourth-order valence-corrected chi connectivity index (χ4v) is 2.28. The third-order valence-electron chi connectivity index (χ3n) is 2.94. The maximum atomic E-state index is 13.5. The Morgan fingerprint density at radius 2 is 1.89 bits per heavy atom. The third kappa shape index (κ3) is 3.71. The molecule has 1 nitrogen and oxygen atoms in total. The van der Waals surface area contributed by atoms with Gasteiger partial charge in [0.05, 0.1) is 10.5 Å². The summed E-state index contributed by atoms with van der Waals surface area (Å²) in [6, 6.07) is 12.9. The Labute approximate surface area is 125 Å². The molecule has 0 amide bonds. The SMILES string of the molecule is CCC(Nc1ccc(Br)c(F)c1)c1ccc(Cl)cc1. The molecule has 0 heterocycles. The summed E-state index contributed by atoms with van der Waals surface area (Å²) in [5, 5.41) is 4.04. The summed E-state index contributed by atoms with van der Waals surface area (Å²) in [6.07, 6.45) is 0.902. The molecular formula is C15H14BrClFN. The molecule has 4 heteroatoms. The van der Waals surface area contributed by atoms with E-state index in [9.17, 15) is 4.39 Å². The van der Waals surface area contributed by atoms with E-state index >= 15 is 0 Å². The van der Waals surface area contributed by atoms with Gasteiger partial charge in [-0.2, -0.15) is 0 Å². The Bertz CT molecular complexity index is 557. The van der Waals surface area contributed by atoms with Crippen LogP contribution >= 0.6 is 27.5 Å². The van der Waals surface area contributed by atoms with Crippen molar-refractivity contribution in [3.8, 4) is 0 Å². The van der Waals surface area contributed by atoms with Crippen LogP contribution in [0.5, 0.6) is 0 Å². The molecule has 0 aliphatic heterocycles. The van der Waals surface area contributed by atoms with Crippen LogP contribution in [0.2, 0.25) is 5.02 Å². The Hall–Kier alpha value is -1.06. The fraction of sp³-hybridized carbons (Fsp3) is 0.200.